The van der Waals surface area contributed by atoms with Crippen LogP contribution in [0.3, 0.4) is 0 Å². The molecule has 0 radical (unpaired) electrons. The maximum atomic E-state index is 13.2. The number of hydrogen-bond donors (Lipinski definition) is 1. The summed E-state index contributed by atoms with van der Waals surface area (Å²) in [7, 11) is 0. The Morgan fingerprint density at radius 2 is 1.76 bits per heavy atom. The molecular weight excluding hydrogens is 291 g/mol. The molecule has 7 heteroatoms. The number of hydrogen-bond acceptors (Lipinski definition) is 2. The van der Waals surface area contributed by atoms with Crippen LogP contribution in [0.5, 0.6) is 0 Å². The Balaban J connectivity index is 2.56. The summed E-state index contributed by atoms with van der Waals surface area (Å²) in [6.45, 7) is 2.09. The van der Waals surface area contributed by atoms with Gasteiger partial charge in [-0.05, 0) is 37.3 Å². The van der Waals surface area contributed by atoms with Crippen molar-refractivity contribution in [2.75, 3.05) is 11.9 Å². The van der Waals surface area contributed by atoms with E-state index in [0.717, 1.165) is 24.3 Å². The van der Waals surface area contributed by atoms with Gasteiger partial charge in [0.05, 0.1) is 11.3 Å². The fourth-order valence-electron chi connectivity index (χ4n) is 1.77. The maximum Gasteiger partial charge on any atom is 0.416 e. The summed E-state index contributed by atoms with van der Waals surface area (Å²) in [5.41, 5.74) is -0.924. The average molecular weight is 302 g/mol. The van der Waals surface area contributed by atoms with Crippen LogP contribution in [-0.2, 0) is 6.18 Å². The molecule has 0 saturated heterocycles. The summed E-state index contributed by atoms with van der Waals surface area (Å²) >= 11 is 0. The molecule has 0 atom stereocenters. The summed E-state index contributed by atoms with van der Waals surface area (Å²) in [5, 5.41) is 2.68. The Bertz CT molecular complexity index is 652. The van der Waals surface area contributed by atoms with Crippen LogP contribution in [-0.4, -0.2) is 11.5 Å². The van der Waals surface area contributed by atoms with Gasteiger partial charge < -0.3 is 5.32 Å². The van der Waals surface area contributed by atoms with Crippen molar-refractivity contribution in [1.29, 1.82) is 0 Å². The largest absolute Gasteiger partial charge is 0.416 e. The van der Waals surface area contributed by atoms with Gasteiger partial charge in [0.15, 0.2) is 11.6 Å². The van der Waals surface area contributed by atoms with Crippen molar-refractivity contribution in [3.63, 3.8) is 0 Å². The van der Waals surface area contributed by atoms with Gasteiger partial charge in [0.2, 0.25) is 0 Å². The monoisotopic (exact) mass is 302 g/mol. The zero-order valence-electron chi connectivity index (χ0n) is 10.9. The van der Waals surface area contributed by atoms with Crippen LogP contribution < -0.4 is 5.32 Å². The molecule has 1 N–H and O–H groups in total. The van der Waals surface area contributed by atoms with E-state index >= 15 is 0 Å². The third-order valence-electron chi connectivity index (χ3n) is 2.73. The Morgan fingerprint density at radius 3 is 2.33 bits per heavy atom. The van der Waals surface area contributed by atoms with E-state index < -0.39 is 23.4 Å². The second-order valence-electron chi connectivity index (χ2n) is 4.28. The van der Waals surface area contributed by atoms with E-state index in [2.05, 4.69) is 10.3 Å². The molecule has 2 aromatic rings. The van der Waals surface area contributed by atoms with Crippen molar-refractivity contribution in [2.24, 2.45) is 0 Å². The summed E-state index contributed by atoms with van der Waals surface area (Å²) in [4.78, 5) is 3.98. The van der Waals surface area contributed by atoms with Crippen molar-refractivity contribution in [1.82, 2.24) is 4.98 Å². The second kappa shape index (κ2) is 5.67. The molecule has 1 aromatic heterocycles. The Labute approximate surface area is 117 Å². The van der Waals surface area contributed by atoms with Crippen LogP contribution in [0.1, 0.15) is 12.5 Å². The lowest BCUT2D eigenvalue weighted by Crippen LogP contribution is -2.08. The van der Waals surface area contributed by atoms with Gasteiger partial charge in [-0.25, -0.2) is 13.8 Å². The normalized spacial score (nSPS) is 11.5. The topological polar surface area (TPSA) is 24.9 Å². The number of rotatable bonds is 3. The number of benzene rings is 1. The predicted molar refractivity (Wildman–Crippen MR) is 68.8 cm³/mol. The molecule has 2 rings (SSSR count). The summed E-state index contributed by atoms with van der Waals surface area (Å²) < 4.78 is 64.7. The highest BCUT2D eigenvalue weighted by Gasteiger charge is 2.31. The zero-order chi connectivity index (χ0) is 15.6. The van der Waals surface area contributed by atoms with Crippen LogP contribution in [0.4, 0.5) is 27.8 Å². The first-order valence-corrected chi connectivity index (χ1v) is 6.10. The molecular formula is C14H11F5N2. The van der Waals surface area contributed by atoms with E-state index in [-0.39, 0.29) is 17.1 Å². The highest BCUT2D eigenvalue weighted by molar-refractivity contribution is 5.63. The van der Waals surface area contributed by atoms with Gasteiger partial charge in [0.25, 0.3) is 0 Å². The summed E-state index contributed by atoms with van der Waals surface area (Å²) in [6, 6.07) is 4.50. The minimum Gasteiger partial charge on any atom is -0.370 e. The zero-order valence-corrected chi connectivity index (χ0v) is 10.9. The van der Waals surface area contributed by atoms with Crippen LogP contribution in [0.15, 0.2) is 30.3 Å². The van der Waals surface area contributed by atoms with E-state index in [1.54, 1.807) is 6.92 Å². The third-order valence-corrected chi connectivity index (χ3v) is 2.73. The number of aromatic nitrogens is 1. The molecule has 0 unspecified atom stereocenters. The summed E-state index contributed by atoms with van der Waals surface area (Å²) in [5.74, 6) is -2.19. The number of anilines is 1. The van der Waals surface area contributed by atoms with Crippen LogP contribution in [0.2, 0.25) is 0 Å². The van der Waals surface area contributed by atoms with E-state index in [1.165, 1.54) is 6.07 Å². The Morgan fingerprint density at radius 1 is 1.05 bits per heavy atom. The lowest BCUT2D eigenvalue weighted by Gasteiger charge is -2.12. The molecule has 21 heavy (non-hydrogen) atoms. The van der Waals surface area contributed by atoms with Crippen molar-refractivity contribution in [3.8, 4) is 11.3 Å². The minimum atomic E-state index is -4.56. The summed E-state index contributed by atoms with van der Waals surface area (Å²) in [6.07, 6.45) is -4.56. The first-order valence-electron chi connectivity index (χ1n) is 6.10. The molecule has 0 aliphatic carbocycles. The van der Waals surface area contributed by atoms with Crippen molar-refractivity contribution in [2.45, 2.75) is 13.1 Å². The van der Waals surface area contributed by atoms with Gasteiger partial charge in [-0.2, -0.15) is 13.2 Å². The van der Waals surface area contributed by atoms with Crippen LogP contribution >= 0.6 is 0 Å². The first-order chi connectivity index (χ1) is 9.81. The van der Waals surface area contributed by atoms with Crippen LogP contribution in [0, 0.1) is 11.6 Å². The molecule has 112 valence electrons. The molecule has 0 saturated carbocycles. The molecule has 0 spiro atoms. The number of nitrogens with zero attached hydrogens (tertiary/aromatic N) is 1. The van der Waals surface area contributed by atoms with Gasteiger partial charge in [-0.3, -0.25) is 0 Å². The Hall–Kier alpha value is -2.18. The van der Waals surface area contributed by atoms with Crippen molar-refractivity contribution in [3.05, 3.63) is 47.5 Å². The fraction of sp³-hybridized carbons (Fsp3) is 0.214. The maximum absolute atomic E-state index is 13.2. The third kappa shape index (κ3) is 3.48. The van der Waals surface area contributed by atoms with E-state index in [1.807, 2.05) is 0 Å². The molecule has 0 amide bonds. The SMILES string of the molecule is CCNc1cc(C(F)(F)F)cc(-c2ccc(F)c(F)c2)n1. The average Bonchev–Trinajstić information content (AvgIpc) is 2.41. The van der Waals surface area contributed by atoms with Crippen molar-refractivity contribution >= 4 is 5.82 Å². The van der Waals surface area contributed by atoms with Gasteiger partial charge in [0, 0.05) is 12.1 Å². The lowest BCUT2D eigenvalue weighted by molar-refractivity contribution is -0.137. The number of halogens is 5. The molecule has 0 fully saturated rings. The van der Waals surface area contributed by atoms with Gasteiger partial charge in [0.1, 0.15) is 5.82 Å². The molecule has 1 heterocycles. The van der Waals surface area contributed by atoms with Crippen molar-refractivity contribution < 1.29 is 22.0 Å². The molecule has 0 aliphatic heterocycles. The quantitative estimate of drug-likeness (QED) is 0.846. The minimum absolute atomic E-state index is 0.0204. The van der Waals surface area contributed by atoms with Gasteiger partial charge in [-0.15, -0.1) is 0 Å². The molecule has 1 aromatic carbocycles. The number of pyridine rings is 1. The number of alkyl halides is 3. The standard InChI is InChI=1S/C14H11F5N2/c1-2-20-13-7-9(14(17,18)19)6-12(21-13)8-3-4-10(15)11(16)5-8/h3-7H,2H2,1H3,(H,20,21). The molecule has 2 nitrogen and oxygen atoms in total. The van der Waals surface area contributed by atoms with Gasteiger partial charge in [-0.1, -0.05) is 0 Å². The molecule has 0 bridgehead atoms. The number of nitrogens with one attached hydrogen (secondary N) is 1. The van der Waals surface area contributed by atoms with E-state index in [9.17, 15) is 22.0 Å². The first kappa shape index (κ1) is 15.2. The van der Waals surface area contributed by atoms with Crippen LogP contribution in [0.25, 0.3) is 11.3 Å². The predicted octanol–water partition coefficient (Wildman–Crippen LogP) is 4.48. The molecule has 0 aliphatic rings. The highest BCUT2D eigenvalue weighted by atomic mass is 19.4. The highest BCUT2D eigenvalue weighted by Crippen LogP contribution is 2.33. The van der Waals surface area contributed by atoms with E-state index in [4.69, 9.17) is 0 Å². The van der Waals surface area contributed by atoms with Gasteiger partial charge >= 0.3 is 6.18 Å². The smallest absolute Gasteiger partial charge is 0.370 e. The lowest BCUT2D eigenvalue weighted by atomic mass is 10.1. The van der Waals surface area contributed by atoms with E-state index in [0.29, 0.717) is 6.54 Å². The Kier molecular flexibility index (Phi) is 4.11. The fourth-order valence-corrected chi connectivity index (χ4v) is 1.77. The second-order valence-corrected chi connectivity index (χ2v) is 4.28.